The van der Waals surface area contributed by atoms with E-state index in [4.69, 9.17) is 32.4 Å². The van der Waals surface area contributed by atoms with Crippen molar-refractivity contribution in [3.8, 4) is 5.75 Å². The first-order chi connectivity index (χ1) is 9.22. The number of rotatable bonds is 3. The fourth-order valence-corrected chi connectivity index (χ4v) is 1.98. The van der Waals surface area contributed by atoms with Crippen LogP contribution in [0.25, 0.3) is 11.1 Å². The lowest BCUT2D eigenvalue weighted by Gasteiger charge is -2.04. The first-order valence-corrected chi connectivity index (χ1v) is 6.40. The molecule has 0 atom stereocenters. The van der Waals surface area contributed by atoms with Crippen molar-refractivity contribution >= 4 is 34.3 Å². The van der Waals surface area contributed by atoms with Crippen molar-refractivity contribution in [3.63, 3.8) is 0 Å². The normalized spacial score (nSPS) is 10.8. The second-order valence-corrected chi connectivity index (χ2v) is 4.75. The molecule has 3 rings (SSSR count). The third kappa shape index (κ3) is 2.67. The predicted octanol–water partition coefficient (Wildman–Crippen LogP) is 4.71. The van der Waals surface area contributed by atoms with Crippen LogP contribution in [0.15, 0.2) is 46.9 Å². The van der Waals surface area contributed by atoms with Crippen LogP contribution < -0.4 is 4.74 Å². The topological polar surface area (TPSA) is 35.3 Å². The van der Waals surface area contributed by atoms with Gasteiger partial charge in [-0.25, -0.2) is 4.98 Å². The summed E-state index contributed by atoms with van der Waals surface area (Å²) in [6, 6.07) is 12.7. The van der Waals surface area contributed by atoms with Crippen LogP contribution >= 0.6 is 23.2 Å². The lowest BCUT2D eigenvalue weighted by atomic mass is 10.3. The minimum Gasteiger partial charge on any atom is -0.484 e. The van der Waals surface area contributed by atoms with Crippen molar-refractivity contribution in [2.45, 2.75) is 6.61 Å². The molecule has 1 aromatic heterocycles. The van der Waals surface area contributed by atoms with Gasteiger partial charge < -0.3 is 9.15 Å². The molecule has 0 fully saturated rings. The quantitative estimate of drug-likeness (QED) is 0.701. The Morgan fingerprint density at radius 2 is 1.89 bits per heavy atom. The molecule has 19 heavy (non-hydrogen) atoms. The summed E-state index contributed by atoms with van der Waals surface area (Å²) in [6.07, 6.45) is 0. The molecule has 0 aliphatic heterocycles. The van der Waals surface area contributed by atoms with Crippen LogP contribution in [0.1, 0.15) is 5.89 Å². The van der Waals surface area contributed by atoms with Gasteiger partial charge in [-0.3, -0.25) is 0 Å². The van der Waals surface area contributed by atoms with Crippen LogP contribution in [-0.2, 0) is 6.61 Å². The Morgan fingerprint density at radius 3 is 2.68 bits per heavy atom. The number of benzene rings is 2. The minimum absolute atomic E-state index is 0.243. The molecule has 96 valence electrons. The molecule has 0 aliphatic rings. The second-order valence-electron chi connectivity index (χ2n) is 3.94. The zero-order chi connectivity index (χ0) is 13.2. The van der Waals surface area contributed by atoms with Crippen molar-refractivity contribution < 1.29 is 9.15 Å². The van der Waals surface area contributed by atoms with Gasteiger partial charge in [-0.15, -0.1) is 0 Å². The summed E-state index contributed by atoms with van der Waals surface area (Å²) in [4.78, 5) is 4.32. The number of hydrogen-bond donors (Lipinski definition) is 0. The highest BCUT2D eigenvalue weighted by Gasteiger charge is 2.06. The smallest absolute Gasteiger partial charge is 0.233 e. The minimum atomic E-state index is 0.243. The molecular formula is C14H9Cl2NO2. The molecule has 0 amide bonds. The van der Waals surface area contributed by atoms with E-state index in [0.29, 0.717) is 21.7 Å². The van der Waals surface area contributed by atoms with Crippen LogP contribution in [0.3, 0.4) is 0 Å². The van der Waals surface area contributed by atoms with E-state index in [9.17, 15) is 0 Å². The molecule has 0 saturated heterocycles. The van der Waals surface area contributed by atoms with Gasteiger partial charge in [0.15, 0.2) is 12.2 Å². The van der Waals surface area contributed by atoms with E-state index in [-0.39, 0.29) is 6.61 Å². The third-order valence-electron chi connectivity index (χ3n) is 2.59. The average Bonchev–Trinajstić information content (AvgIpc) is 2.83. The highest BCUT2D eigenvalue weighted by Crippen LogP contribution is 2.27. The molecule has 0 radical (unpaired) electrons. The number of fused-ring (bicyclic) bond motifs is 1. The molecular weight excluding hydrogens is 285 g/mol. The highest BCUT2D eigenvalue weighted by molar-refractivity contribution is 6.42. The van der Waals surface area contributed by atoms with E-state index in [1.165, 1.54) is 0 Å². The van der Waals surface area contributed by atoms with Crippen molar-refractivity contribution in [1.29, 1.82) is 0 Å². The van der Waals surface area contributed by atoms with Crippen molar-refractivity contribution in [1.82, 2.24) is 4.98 Å². The van der Waals surface area contributed by atoms with E-state index in [1.54, 1.807) is 18.2 Å². The summed E-state index contributed by atoms with van der Waals surface area (Å²) in [7, 11) is 0. The monoisotopic (exact) mass is 293 g/mol. The number of aromatic nitrogens is 1. The van der Waals surface area contributed by atoms with Crippen molar-refractivity contribution in [2.75, 3.05) is 0 Å². The van der Waals surface area contributed by atoms with Gasteiger partial charge in [0.25, 0.3) is 0 Å². The number of oxazole rings is 1. The Kier molecular flexibility index (Phi) is 3.32. The van der Waals surface area contributed by atoms with Gasteiger partial charge in [0.05, 0.1) is 10.0 Å². The van der Waals surface area contributed by atoms with Crippen LogP contribution in [0, 0.1) is 0 Å². The summed E-state index contributed by atoms with van der Waals surface area (Å²) in [5.74, 6) is 1.14. The molecule has 0 aliphatic carbocycles. The standard InChI is InChI=1S/C14H9Cl2NO2/c15-10-6-5-9(7-11(10)16)18-8-14-17-12-3-1-2-4-13(12)19-14/h1-7H,8H2. The predicted molar refractivity (Wildman–Crippen MR) is 74.8 cm³/mol. The van der Waals surface area contributed by atoms with Crippen LogP contribution in [0.2, 0.25) is 10.0 Å². The Labute approximate surface area is 119 Å². The lowest BCUT2D eigenvalue weighted by molar-refractivity contribution is 0.267. The molecule has 0 unspecified atom stereocenters. The van der Waals surface area contributed by atoms with E-state index in [0.717, 1.165) is 11.1 Å². The van der Waals surface area contributed by atoms with Crippen molar-refractivity contribution in [3.05, 3.63) is 58.4 Å². The van der Waals surface area contributed by atoms with Gasteiger partial charge in [0.2, 0.25) is 5.89 Å². The van der Waals surface area contributed by atoms with E-state index in [1.807, 2.05) is 24.3 Å². The summed E-state index contributed by atoms with van der Waals surface area (Å²) >= 11 is 11.7. The Bertz CT molecular complexity index is 691. The fraction of sp³-hybridized carbons (Fsp3) is 0.0714. The average molecular weight is 294 g/mol. The number of halogens is 2. The van der Waals surface area contributed by atoms with Gasteiger partial charge in [0, 0.05) is 6.07 Å². The zero-order valence-electron chi connectivity index (χ0n) is 9.77. The molecule has 5 heteroatoms. The van der Waals surface area contributed by atoms with E-state index >= 15 is 0 Å². The molecule has 0 spiro atoms. The number of hydrogen-bond acceptors (Lipinski definition) is 3. The molecule has 1 heterocycles. The molecule has 3 nitrogen and oxygen atoms in total. The van der Waals surface area contributed by atoms with Gasteiger partial charge in [-0.2, -0.15) is 0 Å². The summed E-state index contributed by atoms with van der Waals surface area (Å²) in [5.41, 5.74) is 1.56. The lowest BCUT2D eigenvalue weighted by Crippen LogP contribution is -1.95. The zero-order valence-corrected chi connectivity index (χ0v) is 11.3. The Hall–Kier alpha value is -1.71. The van der Waals surface area contributed by atoms with Crippen molar-refractivity contribution in [2.24, 2.45) is 0 Å². The van der Waals surface area contributed by atoms with Gasteiger partial charge in [0.1, 0.15) is 11.3 Å². The maximum absolute atomic E-state index is 5.91. The van der Waals surface area contributed by atoms with Crippen LogP contribution in [-0.4, -0.2) is 4.98 Å². The van der Waals surface area contributed by atoms with E-state index in [2.05, 4.69) is 4.98 Å². The summed E-state index contributed by atoms with van der Waals surface area (Å²) in [6.45, 7) is 0.243. The van der Waals surface area contributed by atoms with Crippen LogP contribution in [0.5, 0.6) is 5.75 Å². The number of ether oxygens (including phenoxy) is 1. The van der Waals surface area contributed by atoms with Gasteiger partial charge in [-0.05, 0) is 24.3 Å². The molecule has 0 N–H and O–H groups in total. The van der Waals surface area contributed by atoms with Gasteiger partial charge >= 0.3 is 0 Å². The molecule has 0 bridgehead atoms. The largest absolute Gasteiger partial charge is 0.484 e. The second kappa shape index (κ2) is 5.11. The number of nitrogens with zero attached hydrogens (tertiary/aromatic N) is 1. The van der Waals surface area contributed by atoms with Gasteiger partial charge in [-0.1, -0.05) is 35.3 Å². The first-order valence-electron chi connectivity index (χ1n) is 5.65. The molecule has 3 aromatic rings. The maximum Gasteiger partial charge on any atom is 0.233 e. The highest BCUT2D eigenvalue weighted by atomic mass is 35.5. The Morgan fingerprint density at radius 1 is 1.05 bits per heavy atom. The summed E-state index contributed by atoms with van der Waals surface area (Å²) in [5, 5.41) is 0.951. The summed E-state index contributed by atoms with van der Waals surface area (Å²) < 4.78 is 11.1. The molecule has 2 aromatic carbocycles. The van der Waals surface area contributed by atoms with E-state index < -0.39 is 0 Å². The Balaban J connectivity index is 1.76. The number of para-hydroxylation sites is 2. The molecule has 0 saturated carbocycles. The first kappa shape index (κ1) is 12.3. The SMILES string of the molecule is Clc1ccc(OCc2nc3ccccc3o2)cc1Cl. The third-order valence-corrected chi connectivity index (χ3v) is 3.33. The van der Waals surface area contributed by atoms with Crippen LogP contribution in [0.4, 0.5) is 0 Å². The maximum atomic E-state index is 5.91. The fourth-order valence-electron chi connectivity index (χ4n) is 1.69.